The van der Waals surface area contributed by atoms with Gasteiger partial charge in [-0.25, -0.2) is 14.2 Å². The van der Waals surface area contributed by atoms with Gasteiger partial charge in [0.15, 0.2) is 0 Å². The van der Waals surface area contributed by atoms with E-state index in [4.69, 9.17) is 19.7 Å². The Morgan fingerprint density at radius 3 is 2.77 bits per heavy atom. The van der Waals surface area contributed by atoms with Gasteiger partial charge in [0.2, 0.25) is 5.88 Å². The summed E-state index contributed by atoms with van der Waals surface area (Å²) in [6.07, 6.45) is 1.09. The molecule has 0 spiro atoms. The van der Waals surface area contributed by atoms with Crippen LogP contribution in [0.2, 0.25) is 0 Å². The molecule has 11 heteroatoms. The van der Waals surface area contributed by atoms with Crippen molar-refractivity contribution in [2.24, 2.45) is 0 Å². The summed E-state index contributed by atoms with van der Waals surface area (Å²) in [5.41, 5.74) is 2.43. The molecular formula is C29H27FN6O4. The molecule has 2 aliphatic rings. The second-order valence-corrected chi connectivity index (χ2v) is 10.0. The number of rotatable bonds is 10. The Morgan fingerprint density at radius 1 is 1.20 bits per heavy atom. The molecular weight excluding hydrogens is 515 g/mol. The van der Waals surface area contributed by atoms with E-state index in [0.717, 1.165) is 43.0 Å². The highest BCUT2D eigenvalue weighted by Gasteiger charge is 2.29. The number of nitrogens with one attached hydrogen (secondary N) is 1. The first-order valence-corrected chi connectivity index (χ1v) is 13.1. The number of fused-ring (bicyclic) bond motifs is 1. The first kappa shape index (κ1) is 25.7. The molecule has 0 unspecified atom stereocenters. The molecule has 10 nitrogen and oxygen atoms in total. The van der Waals surface area contributed by atoms with Gasteiger partial charge in [0.05, 0.1) is 53.5 Å². The van der Waals surface area contributed by atoms with Gasteiger partial charge in [-0.05, 0) is 42.8 Å². The van der Waals surface area contributed by atoms with Crippen molar-refractivity contribution in [3.8, 4) is 11.9 Å². The Morgan fingerprint density at radius 2 is 2.05 bits per heavy atom. The fourth-order valence-electron chi connectivity index (χ4n) is 4.92. The van der Waals surface area contributed by atoms with Crippen LogP contribution >= 0.6 is 0 Å². The fourth-order valence-corrected chi connectivity index (χ4v) is 4.92. The number of ether oxygens (including phenoxy) is 2. The highest BCUT2D eigenvalue weighted by atomic mass is 19.1. The number of anilines is 1. The Bertz CT molecular complexity index is 1610. The second-order valence-electron chi connectivity index (χ2n) is 10.0. The summed E-state index contributed by atoms with van der Waals surface area (Å²) in [5, 5.41) is 21.8. The predicted molar refractivity (Wildman–Crippen MR) is 143 cm³/mol. The van der Waals surface area contributed by atoms with E-state index < -0.39 is 11.8 Å². The number of aromatic carboxylic acids is 1. The lowest BCUT2D eigenvalue weighted by Crippen LogP contribution is -2.54. The maximum Gasteiger partial charge on any atom is 0.335 e. The van der Waals surface area contributed by atoms with Gasteiger partial charge in [-0.15, -0.1) is 0 Å². The van der Waals surface area contributed by atoms with Gasteiger partial charge in [-0.1, -0.05) is 12.1 Å². The van der Waals surface area contributed by atoms with Crippen LogP contribution in [-0.2, 0) is 24.4 Å². The number of benzene rings is 2. The topological polar surface area (TPSA) is 126 Å². The summed E-state index contributed by atoms with van der Waals surface area (Å²) in [6, 6.07) is 16.8. The van der Waals surface area contributed by atoms with E-state index in [2.05, 4.69) is 19.8 Å². The molecule has 0 saturated carbocycles. The zero-order valence-electron chi connectivity index (χ0n) is 21.6. The molecule has 4 heterocycles. The lowest BCUT2D eigenvalue weighted by atomic mass is 10.1. The third kappa shape index (κ3) is 5.45. The predicted octanol–water partition coefficient (Wildman–Crippen LogP) is 3.80. The third-order valence-corrected chi connectivity index (χ3v) is 7.21. The highest BCUT2D eigenvalue weighted by Crippen LogP contribution is 2.25. The molecule has 0 radical (unpaired) electrons. The molecule has 1 atom stereocenters. The molecule has 0 amide bonds. The van der Waals surface area contributed by atoms with Crippen LogP contribution in [0.15, 0.2) is 54.6 Å². The van der Waals surface area contributed by atoms with Gasteiger partial charge in [-0.2, -0.15) is 10.2 Å². The molecule has 2 aliphatic heterocycles. The van der Waals surface area contributed by atoms with Gasteiger partial charge in [0, 0.05) is 31.3 Å². The molecule has 2 N–H and O–H groups in total. The van der Waals surface area contributed by atoms with Gasteiger partial charge in [0.25, 0.3) is 0 Å². The standard InChI is InChI=1S/C29H27FN6O4/c30-23-10-18(12-31)4-5-20(23)17-40-28-3-1-2-26(34-28)32-21-13-35(14-21)16-27-33-24-7-6-19(29(37)38)11-25(24)36(27)15-22-8-9-39-22/h1-7,10-11,21-22H,8-9,13-17H2,(H,32,34)(H,37,38)/t22-/m0/s1. The number of nitriles is 1. The number of nitrogens with zero attached hydrogens (tertiary/aromatic N) is 5. The molecule has 204 valence electrons. The Hall–Kier alpha value is -4.53. The van der Waals surface area contributed by atoms with Crippen LogP contribution in [0.25, 0.3) is 11.0 Å². The van der Waals surface area contributed by atoms with Crippen molar-refractivity contribution in [2.75, 3.05) is 25.0 Å². The van der Waals surface area contributed by atoms with Gasteiger partial charge in [0.1, 0.15) is 24.1 Å². The first-order valence-electron chi connectivity index (χ1n) is 13.1. The molecule has 6 rings (SSSR count). The van der Waals surface area contributed by atoms with E-state index in [1.165, 1.54) is 12.1 Å². The Kier molecular flexibility index (Phi) is 7.02. The number of carboxylic acid groups (broad SMARTS) is 1. The van der Waals surface area contributed by atoms with Crippen molar-refractivity contribution >= 4 is 22.8 Å². The van der Waals surface area contributed by atoms with Crippen LogP contribution in [-0.4, -0.2) is 62.4 Å². The minimum Gasteiger partial charge on any atom is -0.478 e. The van der Waals surface area contributed by atoms with Crippen molar-refractivity contribution < 1.29 is 23.8 Å². The smallest absolute Gasteiger partial charge is 0.335 e. The molecule has 2 saturated heterocycles. The average molecular weight is 543 g/mol. The van der Waals surface area contributed by atoms with E-state index in [1.54, 1.807) is 30.3 Å². The third-order valence-electron chi connectivity index (χ3n) is 7.21. The molecule has 2 aromatic carbocycles. The molecule has 2 aromatic heterocycles. The van der Waals surface area contributed by atoms with Gasteiger partial charge >= 0.3 is 5.97 Å². The zero-order chi connectivity index (χ0) is 27.6. The fraction of sp³-hybridized carbons (Fsp3) is 0.310. The lowest BCUT2D eigenvalue weighted by molar-refractivity contribution is -0.0593. The second kappa shape index (κ2) is 10.9. The zero-order valence-corrected chi connectivity index (χ0v) is 21.6. The summed E-state index contributed by atoms with van der Waals surface area (Å²) >= 11 is 0. The summed E-state index contributed by atoms with van der Waals surface area (Å²) < 4.78 is 27.6. The number of halogens is 1. The number of likely N-dealkylation sites (tertiary alicyclic amines) is 1. The van der Waals surface area contributed by atoms with Crippen LogP contribution in [0.1, 0.15) is 33.7 Å². The van der Waals surface area contributed by atoms with E-state index >= 15 is 0 Å². The van der Waals surface area contributed by atoms with Crippen LogP contribution in [0.4, 0.5) is 10.2 Å². The minimum absolute atomic E-state index is 0.00601. The normalized spacial score (nSPS) is 17.1. The monoisotopic (exact) mass is 542 g/mol. The Labute approximate surface area is 229 Å². The van der Waals surface area contributed by atoms with E-state index in [0.29, 0.717) is 30.4 Å². The number of imidazole rings is 1. The summed E-state index contributed by atoms with van der Waals surface area (Å²) in [7, 11) is 0. The maximum atomic E-state index is 14.2. The summed E-state index contributed by atoms with van der Waals surface area (Å²) in [4.78, 5) is 23.1. The van der Waals surface area contributed by atoms with Crippen LogP contribution in [0.5, 0.6) is 5.88 Å². The van der Waals surface area contributed by atoms with Crippen LogP contribution < -0.4 is 10.1 Å². The number of hydrogen-bond donors (Lipinski definition) is 2. The van der Waals surface area contributed by atoms with Crippen molar-refractivity contribution in [3.63, 3.8) is 0 Å². The number of carbonyl (C=O) groups is 1. The maximum absolute atomic E-state index is 14.2. The van der Waals surface area contributed by atoms with Crippen molar-refractivity contribution in [3.05, 3.63) is 82.9 Å². The first-order chi connectivity index (χ1) is 19.4. The molecule has 40 heavy (non-hydrogen) atoms. The number of aromatic nitrogens is 3. The number of pyridine rings is 1. The molecule has 0 bridgehead atoms. The summed E-state index contributed by atoms with van der Waals surface area (Å²) in [6.45, 7) is 3.60. The van der Waals surface area contributed by atoms with Crippen molar-refractivity contribution in [1.29, 1.82) is 5.26 Å². The quantitative estimate of drug-likeness (QED) is 0.308. The minimum atomic E-state index is -0.961. The highest BCUT2D eigenvalue weighted by molar-refractivity contribution is 5.92. The molecule has 0 aliphatic carbocycles. The Balaban J connectivity index is 1.07. The SMILES string of the molecule is N#Cc1ccc(COc2cccc(NC3CN(Cc4nc5ccc(C(=O)O)cc5n4C[C@@H]4CCO4)C3)n2)c(F)c1. The lowest BCUT2D eigenvalue weighted by Gasteiger charge is -2.39. The molecule has 4 aromatic rings. The van der Waals surface area contributed by atoms with E-state index in [1.807, 2.05) is 18.2 Å². The summed E-state index contributed by atoms with van der Waals surface area (Å²) in [5.74, 6) is 0.474. The van der Waals surface area contributed by atoms with Crippen LogP contribution in [0, 0.1) is 17.1 Å². The van der Waals surface area contributed by atoms with Gasteiger partial charge < -0.3 is 24.5 Å². The van der Waals surface area contributed by atoms with Crippen LogP contribution in [0.3, 0.4) is 0 Å². The number of hydrogen-bond acceptors (Lipinski definition) is 8. The van der Waals surface area contributed by atoms with E-state index in [-0.39, 0.29) is 29.9 Å². The van der Waals surface area contributed by atoms with Gasteiger partial charge in [-0.3, -0.25) is 4.90 Å². The van der Waals surface area contributed by atoms with Crippen molar-refractivity contribution in [2.45, 2.75) is 38.3 Å². The van der Waals surface area contributed by atoms with E-state index in [9.17, 15) is 14.3 Å². The molecule has 2 fully saturated rings. The average Bonchev–Trinajstić information content (AvgIpc) is 3.25. The number of carboxylic acids is 1. The van der Waals surface area contributed by atoms with Crippen molar-refractivity contribution in [1.82, 2.24) is 19.4 Å². The largest absolute Gasteiger partial charge is 0.478 e.